The number of carbonyl (C=O) groups excluding carboxylic acids is 1. The summed E-state index contributed by atoms with van der Waals surface area (Å²) < 4.78 is 2.03. The first-order chi connectivity index (χ1) is 12.8. The molecule has 26 heavy (non-hydrogen) atoms. The number of nitrogens with zero attached hydrogens (tertiary/aromatic N) is 2. The molecule has 0 saturated heterocycles. The summed E-state index contributed by atoms with van der Waals surface area (Å²) in [6.07, 6.45) is 7.39. The van der Waals surface area contributed by atoms with E-state index >= 15 is 0 Å². The van der Waals surface area contributed by atoms with Gasteiger partial charge in [0, 0.05) is 25.5 Å². The quantitative estimate of drug-likeness (QED) is 0.666. The van der Waals surface area contributed by atoms with Gasteiger partial charge in [-0.15, -0.1) is 0 Å². The van der Waals surface area contributed by atoms with Crippen molar-refractivity contribution >= 4 is 5.91 Å². The zero-order valence-electron chi connectivity index (χ0n) is 15.1. The highest BCUT2D eigenvalue weighted by atomic mass is 16.1. The van der Waals surface area contributed by atoms with Crippen LogP contribution in [0, 0.1) is 0 Å². The van der Waals surface area contributed by atoms with E-state index in [9.17, 15) is 4.79 Å². The SMILES string of the molecule is CCCC(C(=O)NCc1ccc(Cn2ccnc2)cc1)c1ccccc1. The Hall–Kier alpha value is -2.88. The van der Waals surface area contributed by atoms with Gasteiger partial charge in [0.2, 0.25) is 5.91 Å². The van der Waals surface area contributed by atoms with Gasteiger partial charge in [0.1, 0.15) is 0 Å². The topological polar surface area (TPSA) is 46.9 Å². The number of aromatic nitrogens is 2. The number of carbonyl (C=O) groups is 1. The summed E-state index contributed by atoms with van der Waals surface area (Å²) >= 11 is 0. The number of benzene rings is 2. The molecule has 1 aromatic heterocycles. The largest absolute Gasteiger partial charge is 0.351 e. The van der Waals surface area contributed by atoms with Crippen LogP contribution in [-0.2, 0) is 17.9 Å². The van der Waals surface area contributed by atoms with Crippen LogP contribution in [0.3, 0.4) is 0 Å². The van der Waals surface area contributed by atoms with Crippen LogP contribution in [0.2, 0.25) is 0 Å². The normalized spacial score (nSPS) is 11.9. The Labute approximate surface area is 154 Å². The van der Waals surface area contributed by atoms with E-state index < -0.39 is 0 Å². The van der Waals surface area contributed by atoms with Crippen LogP contribution in [0.4, 0.5) is 0 Å². The first-order valence-corrected chi connectivity index (χ1v) is 9.12. The fraction of sp³-hybridized carbons (Fsp3) is 0.273. The molecule has 0 spiro atoms. The molecule has 3 aromatic rings. The molecule has 4 heteroatoms. The number of hydrogen-bond donors (Lipinski definition) is 1. The average Bonchev–Trinajstić information content (AvgIpc) is 3.19. The highest BCUT2D eigenvalue weighted by Crippen LogP contribution is 2.21. The maximum atomic E-state index is 12.7. The summed E-state index contributed by atoms with van der Waals surface area (Å²) in [5.74, 6) is 0.0160. The first kappa shape index (κ1) is 17.9. The van der Waals surface area contributed by atoms with Crippen molar-refractivity contribution in [2.75, 3.05) is 0 Å². The molecule has 1 unspecified atom stereocenters. The highest BCUT2D eigenvalue weighted by Gasteiger charge is 2.19. The van der Waals surface area contributed by atoms with E-state index in [0.717, 1.165) is 30.5 Å². The van der Waals surface area contributed by atoms with E-state index in [0.29, 0.717) is 6.54 Å². The number of hydrogen-bond acceptors (Lipinski definition) is 2. The molecule has 1 amide bonds. The monoisotopic (exact) mass is 347 g/mol. The van der Waals surface area contributed by atoms with Crippen LogP contribution in [0.15, 0.2) is 73.3 Å². The molecule has 1 heterocycles. The van der Waals surface area contributed by atoms with Crippen LogP contribution in [-0.4, -0.2) is 15.5 Å². The second kappa shape index (κ2) is 8.99. The predicted octanol–water partition coefficient (Wildman–Crippen LogP) is 4.13. The van der Waals surface area contributed by atoms with Gasteiger partial charge >= 0.3 is 0 Å². The van der Waals surface area contributed by atoms with Crippen molar-refractivity contribution in [2.45, 2.75) is 38.8 Å². The van der Waals surface area contributed by atoms with Gasteiger partial charge in [-0.1, -0.05) is 67.9 Å². The first-order valence-electron chi connectivity index (χ1n) is 9.12. The fourth-order valence-electron chi connectivity index (χ4n) is 3.09. The van der Waals surface area contributed by atoms with Crippen LogP contribution in [0.5, 0.6) is 0 Å². The van der Waals surface area contributed by atoms with Crippen molar-refractivity contribution in [1.29, 1.82) is 0 Å². The summed E-state index contributed by atoms with van der Waals surface area (Å²) in [5.41, 5.74) is 3.41. The molecule has 0 aliphatic carbocycles. The Balaban J connectivity index is 1.57. The zero-order chi connectivity index (χ0) is 18.2. The molecular formula is C22H25N3O. The van der Waals surface area contributed by atoms with Crippen LogP contribution < -0.4 is 5.32 Å². The van der Waals surface area contributed by atoms with Crippen molar-refractivity contribution in [2.24, 2.45) is 0 Å². The van der Waals surface area contributed by atoms with Gasteiger partial charge in [-0.2, -0.15) is 0 Å². The van der Waals surface area contributed by atoms with Crippen molar-refractivity contribution < 1.29 is 4.79 Å². The van der Waals surface area contributed by atoms with Crippen molar-refractivity contribution in [1.82, 2.24) is 14.9 Å². The average molecular weight is 347 g/mol. The third-order valence-electron chi connectivity index (χ3n) is 4.51. The van der Waals surface area contributed by atoms with Crippen LogP contribution >= 0.6 is 0 Å². The second-order valence-corrected chi connectivity index (χ2v) is 6.52. The molecule has 0 saturated carbocycles. The molecule has 1 atom stereocenters. The lowest BCUT2D eigenvalue weighted by atomic mass is 9.93. The van der Waals surface area contributed by atoms with E-state index in [1.807, 2.05) is 47.4 Å². The van der Waals surface area contributed by atoms with Crippen LogP contribution in [0.25, 0.3) is 0 Å². The molecule has 0 radical (unpaired) electrons. The minimum Gasteiger partial charge on any atom is -0.351 e. The smallest absolute Gasteiger partial charge is 0.227 e. The molecule has 0 fully saturated rings. The third kappa shape index (κ3) is 4.82. The molecular weight excluding hydrogens is 322 g/mol. The van der Waals surface area contributed by atoms with E-state index in [2.05, 4.69) is 41.5 Å². The van der Waals surface area contributed by atoms with Crippen molar-refractivity contribution in [3.63, 3.8) is 0 Å². The second-order valence-electron chi connectivity index (χ2n) is 6.52. The molecule has 1 N–H and O–H groups in total. The predicted molar refractivity (Wildman–Crippen MR) is 104 cm³/mol. The third-order valence-corrected chi connectivity index (χ3v) is 4.51. The summed E-state index contributed by atoms with van der Waals surface area (Å²) in [7, 11) is 0. The Morgan fingerprint density at radius 1 is 1.08 bits per heavy atom. The maximum absolute atomic E-state index is 12.7. The molecule has 0 bridgehead atoms. The van der Waals surface area contributed by atoms with Crippen molar-refractivity contribution in [3.8, 4) is 0 Å². The van der Waals surface area contributed by atoms with Crippen LogP contribution in [0.1, 0.15) is 42.4 Å². The summed E-state index contributed by atoms with van der Waals surface area (Å²) in [6, 6.07) is 18.4. The van der Waals surface area contributed by atoms with Gasteiger partial charge in [0.25, 0.3) is 0 Å². The van der Waals surface area contributed by atoms with Gasteiger partial charge in [-0.05, 0) is 23.1 Å². The summed E-state index contributed by atoms with van der Waals surface area (Å²) in [4.78, 5) is 16.7. The lowest BCUT2D eigenvalue weighted by Crippen LogP contribution is -2.29. The summed E-state index contributed by atoms with van der Waals surface area (Å²) in [6.45, 7) is 3.47. The van der Waals surface area contributed by atoms with Gasteiger partial charge in [-0.3, -0.25) is 4.79 Å². The highest BCUT2D eigenvalue weighted by molar-refractivity contribution is 5.83. The Kier molecular flexibility index (Phi) is 6.20. The Morgan fingerprint density at radius 3 is 2.46 bits per heavy atom. The number of rotatable bonds is 8. The molecule has 134 valence electrons. The van der Waals surface area contributed by atoms with E-state index in [4.69, 9.17) is 0 Å². The number of nitrogens with one attached hydrogen (secondary N) is 1. The lowest BCUT2D eigenvalue weighted by molar-refractivity contribution is -0.122. The van der Waals surface area contributed by atoms with Gasteiger partial charge in [0.05, 0.1) is 12.2 Å². The lowest BCUT2D eigenvalue weighted by Gasteiger charge is -2.16. The minimum atomic E-state index is -0.0817. The summed E-state index contributed by atoms with van der Waals surface area (Å²) in [5, 5.41) is 3.09. The molecule has 4 nitrogen and oxygen atoms in total. The molecule has 0 aliphatic heterocycles. The number of amides is 1. The fourth-order valence-corrected chi connectivity index (χ4v) is 3.09. The van der Waals surface area contributed by atoms with E-state index in [1.54, 1.807) is 6.20 Å². The molecule has 0 aliphatic rings. The maximum Gasteiger partial charge on any atom is 0.227 e. The van der Waals surface area contributed by atoms with Gasteiger partial charge < -0.3 is 9.88 Å². The minimum absolute atomic E-state index is 0.0817. The molecule has 2 aromatic carbocycles. The number of imidazole rings is 1. The Bertz CT molecular complexity index is 795. The van der Waals surface area contributed by atoms with Gasteiger partial charge in [-0.25, -0.2) is 4.98 Å². The van der Waals surface area contributed by atoms with E-state index in [1.165, 1.54) is 5.56 Å². The van der Waals surface area contributed by atoms with E-state index in [-0.39, 0.29) is 11.8 Å². The zero-order valence-corrected chi connectivity index (χ0v) is 15.1. The van der Waals surface area contributed by atoms with Gasteiger partial charge in [0.15, 0.2) is 0 Å². The van der Waals surface area contributed by atoms with Crippen molar-refractivity contribution in [3.05, 3.63) is 90.0 Å². The molecule has 3 rings (SSSR count). The Morgan fingerprint density at radius 2 is 1.81 bits per heavy atom. The standard InChI is InChI=1S/C22H25N3O/c1-2-6-21(20-7-4-3-5-8-20)22(26)24-15-18-9-11-19(12-10-18)16-25-14-13-23-17-25/h3-5,7-14,17,21H,2,6,15-16H2,1H3,(H,24,26).